The zero-order valence-electron chi connectivity index (χ0n) is 10.9. The van der Waals surface area contributed by atoms with Crippen LogP contribution in [0.15, 0.2) is 11.7 Å². The van der Waals surface area contributed by atoms with E-state index in [9.17, 15) is 0 Å². The van der Waals surface area contributed by atoms with E-state index >= 15 is 0 Å². The maximum Gasteiger partial charge on any atom is 0.149 e. The summed E-state index contributed by atoms with van der Waals surface area (Å²) in [7, 11) is 3.65. The number of aromatic nitrogens is 2. The van der Waals surface area contributed by atoms with E-state index in [1.807, 2.05) is 7.05 Å². The molecule has 0 aromatic carbocycles. The van der Waals surface area contributed by atoms with E-state index in [0.717, 1.165) is 16.0 Å². The third-order valence-corrected chi connectivity index (χ3v) is 3.85. The highest BCUT2D eigenvalue weighted by atomic mass is 32.1. The molecule has 2 aromatic heterocycles. The number of aryl methyl sites for hydroxylation is 1. The number of nitrogens with zero attached hydrogens (tertiary/aromatic N) is 3. The Morgan fingerprint density at radius 1 is 1.50 bits per heavy atom. The fraction of sp³-hybridized carbons (Fsp3) is 0.500. The number of anilines is 1. The van der Waals surface area contributed by atoms with Gasteiger partial charge in [-0.3, -0.25) is 0 Å². The first kappa shape index (κ1) is 13.2. The molecule has 2 N–H and O–H groups in total. The minimum absolute atomic E-state index is 0.0222. The van der Waals surface area contributed by atoms with Crippen molar-refractivity contribution in [3.05, 3.63) is 17.3 Å². The lowest BCUT2D eigenvalue weighted by Gasteiger charge is -2.22. The molecule has 0 aliphatic carbocycles. The number of likely N-dealkylation sites (N-methyl/N-ethyl adjacent to an activating group) is 1. The molecule has 0 bridgehead atoms. The van der Waals surface area contributed by atoms with Crippen LogP contribution in [0.2, 0.25) is 0 Å². The van der Waals surface area contributed by atoms with Gasteiger partial charge >= 0.3 is 0 Å². The van der Waals surface area contributed by atoms with Gasteiger partial charge in [-0.15, -0.1) is 11.3 Å². The maximum absolute atomic E-state index is 5.97. The monoisotopic (exact) mass is 266 g/mol. The standard InChI is InChI=1S/C12H18N4OS/c1-8-6-18-11-10(8)14-7-15-12(11)16(2)4-9(13)5-17-3/h6-7,9H,4-5,13H2,1-3H3. The van der Waals surface area contributed by atoms with Crippen molar-refractivity contribution in [2.75, 3.05) is 32.2 Å². The van der Waals surface area contributed by atoms with Crippen molar-refractivity contribution in [2.24, 2.45) is 5.73 Å². The molecule has 0 saturated heterocycles. The third-order valence-electron chi connectivity index (χ3n) is 2.76. The Hall–Kier alpha value is -1.24. The Labute approximate surface area is 111 Å². The first-order valence-corrected chi connectivity index (χ1v) is 6.66. The van der Waals surface area contributed by atoms with Crippen LogP contribution in [0.5, 0.6) is 0 Å². The van der Waals surface area contributed by atoms with E-state index in [4.69, 9.17) is 10.5 Å². The Bertz CT molecular complexity index is 528. The first-order chi connectivity index (χ1) is 8.63. The number of fused-ring (bicyclic) bond motifs is 1. The molecule has 2 heterocycles. The summed E-state index contributed by atoms with van der Waals surface area (Å²) >= 11 is 1.67. The van der Waals surface area contributed by atoms with Crippen molar-refractivity contribution in [3.8, 4) is 0 Å². The van der Waals surface area contributed by atoms with Crippen molar-refractivity contribution in [3.63, 3.8) is 0 Å². The lowest BCUT2D eigenvalue weighted by atomic mass is 10.3. The minimum Gasteiger partial charge on any atom is -0.383 e. The SMILES string of the molecule is COCC(N)CN(C)c1ncnc2c(C)csc12. The third kappa shape index (κ3) is 2.60. The van der Waals surface area contributed by atoms with E-state index in [1.165, 1.54) is 5.56 Å². The molecule has 0 amide bonds. The molecular formula is C12H18N4OS. The molecule has 1 unspecified atom stereocenters. The van der Waals surface area contributed by atoms with Gasteiger partial charge in [0, 0.05) is 26.7 Å². The van der Waals surface area contributed by atoms with Crippen LogP contribution < -0.4 is 10.6 Å². The van der Waals surface area contributed by atoms with E-state index < -0.39 is 0 Å². The van der Waals surface area contributed by atoms with Gasteiger partial charge in [-0.05, 0) is 17.9 Å². The second kappa shape index (κ2) is 5.60. The number of rotatable bonds is 5. The van der Waals surface area contributed by atoms with Crippen LogP contribution in [0, 0.1) is 6.92 Å². The second-order valence-electron chi connectivity index (χ2n) is 4.39. The summed E-state index contributed by atoms with van der Waals surface area (Å²) in [5, 5.41) is 2.10. The fourth-order valence-electron chi connectivity index (χ4n) is 1.93. The van der Waals surface area contributed by atoms with Gasteiger partial charge in [-0.1, -0.05) is 0 Å². The molecule has 0 saturated carbocycles. The van der Waals surface area contributed by atoms with Crippen molar-refractivity contribution in [2.45, 2.75) is 13.0 Å². The normalized spacial score (nSPS) is 12.9. The van der Waals surface area contributed by atoms with E-state index in [0.29, 0.717) is 13.2 Å². The van der Waals surface area contributed by atoms with Crippen molar-refractivity contribution in [1.29, 1.82) is 0 Å². The van der Waals surface area contributed by atoms with Gasteiger partial charge in [0.2, 0.25) is 0 Å². The van der Waals surface area contributed by atoms with Crippen LogP contribution in [-0.2, 0) is 4.74 Å². The maximum atomic E-state index is 5.97. The van der Waals surface area contributed by atoms with E-state index in [2.05, 4.69) is 27.2 Å². The molecule has 0 radical (unpaired) electrons. The molecule has 0 spiro atoms. The largest absolute Gasteiger partial charge is 0.383 e. The molecule has 18 heavy (non-hydrogen) atoms. The molecule has 6 heteroatoms. The summed E-state index contributed by atoms with van der Waals surface area (Å²) in [6, 6.07) is -0.0222. The van der Waals surface area contributed by atoms with E-state index in [1.54, 1.807) is 24.8 Å². The van der Waals surface area contributed by atoms with Gasteiger partial charge in [0.05, 0.1) is 16.8 Å². The second-order valence-corrected chi connectivity index (χ2v) is 5.27. The number of methoxy groups -OCH3 is 1. The topological polar surface area (TPSA) is 64.3 Å². The van der Waals surface area contributed by atoms with Crippen LogP contribution in [-0.4, -0.2) is 43.3 Å². The molecule has 2 rings (SSSR count). The Balaban J connectivity index is 2.25. The summed E-state index contributed by atoms with van der Waals surface area (Å²) in [5.41, 5.74) is 8.18. The lowest BCUT2D eigenvalue weighted by Crippen LogP contribution is -2.38. The van der Waals surface area contributed by atoms with Crippen LogP contribution in [0.25, 0.3) is 10.2 Å². The highest BCUT2D eigenvalue weighted by Gasteiger charge is 2.14. The summed E-state index contributed by atoms with van der Waals surface area (Å²) in [6.45, 7) is 3.31. The van der Waals surface area contributed by atoms with Crippen LogP contribution in [0.3, 0.4) is 0 Å². The molecule has 2 aromatic rings. The lowest BCUT2D eigenvalue weighted by molar-refractivity contribution is 0.181. The molecule has 5 nitrogen and oxygen atoms in total. The van der Waals surface area contributed by atoms with Crippen LogP contribution >= 0.6 is 11.3 Å². The van der Waals surface area contributed by atoms with Crippen molar-refractivity contribution >= 4 is 27.4 Å². The summed E-state index contributed by atoms with van der Waals surface area (Å²) < 4.78 is 6.16. The van der Waals surface area contributed by atoms with Gasteiger partial charge in [-0.2, -0.15) is 0 Å². The number of nitrogens with two attached hydrogens (primary N) is 1. The highest BCUT2D eigenvalue weighted by Crippen LogP contribution is 2.30. The predicted octanol–water partition coefficient (Wildman–Crippen LogP) is 1.41. The van der Waals surface area contributed by atoms with Crippen molar-refractivity contribution in [1.82, 2.24) is 9.97 Å². The Kier molecular flexibility index (Phi) is 4.11. The van der Waals surface area contributed by atoms with Gasteiger partial charge in [-0.25, -0.2) is 9.97 Å². The van der Waals surface area contributed by atoms with Gasteiger partial charge < -0.3 is 15.4 Å². The van der Waals surface area contributed by atoms with Gasteiger partial charge in [0.15, 0.2) is 0 Å². The van der Waals surface area contributed by atoms with Gasteiger partial charge in [0.1, 0.15) is 12.1 Å². The quantitative estimate of drug-likeness (QED) is 0.886. The molecular weight excluding hydrogens is 248 g/mol. The number of hydrogen-bond donors (Lipinski definition) is 1. The minimum atomic E-state index is -0.0222. The van der Waals surface area contributed by atoms with Crippen molar-refractivity contribution < 1.29 is 4.74 Å². The Morgan fingerprint density at radius 3 is 3.00 bits per heavy atom. The molecule has 1 atom stereocenters. The first-order valence-electron chi connectivity index (χ1n) is 5.78. The van der Waals surface area contributed by atoms with Gasteiger partial charge in [0.25, 0.3) is 0 Å². The Morgan fingerprint density at radius 2 is 2.28 bits per heavy atom. The number of thiophene rings is 1. The summed E-state index contributed by atoms with van der Waals surface area (Å²) in [6.07, 6.45) is 1.61. The molecule has 0 aliphatic heterocycles. The zero-order valence-corrected chi connectivity index (χ0v) is 11.7. The molecule has 0 aliphatic rings. The predicted molar refractivity (Wildman–Crippen MR) is 75.3 cm³/mol. The number of hydrogen-bond acceptors (Lipinski definition) is 6. The smallest absolute Gasteiger partial charge is 0.149 e. The van der Waals surface area contributed by atoms with Crippen LogP contribution in [0.4, 0.5) is 5.82 Å². The average Bonchev–Trinajstić information content (AvgIpc) is 2.71. The number of ether oxygens (including phenoxy) is 1. The summed E-state index contributed by atoms with van der Waals surface area (Å²) in [5.74, 6) is 0.935. The molecule has 98 valence electrons. The summed E-state index contributed by atoms with van der Waals surface area (Å²) in [4.78, 5) is 10.7. The fourth-order valence-corrected chi connectivity index (χ4v) is 2.98. The average molecular weight is 266 g/mol. The zero-order chi connectivity index (χ0) is 13.1. The van der Waals surface area contributed by atoms with E-state index in [-0.39, 0.29) is 6.04 Å². The molecule has 0 fully saturated rings. The van der Waals surface area contributed by atoms with Crippen LogP contribution in [0.1, 0.15) is 5.56 Å². The highest BCUT2D eigenvalue weighted by molar-refractivity contribution is 7.18.